The van der Waals surface area contributed by atoms with Gasteiger partial charge in [0, 0.05) is 28.2 Å². The Bertz CT molecular complexity index is 263. The number of nitrogens with zero attached hydrogens (tertiary/aromatic N) is 3. The summed E-state index contributed by atoms with van der Waals surface area (Å²) in [5.74, 6) is -2.19. The van der Waals surface area contributed by atoms with Crippen molar-refractivity contribution in [3.63, 3.8) is 0 Å². The van der Waals surface area contributed by atoms with Gasteiger partial charge in [0.1, 0.15) is 0 Å². The zero-order chi connectivity index (χ0) is 12.2. The number of guanidine groups is 1. The summed E-state index contributed by atoms with van der Waals surface area (Å²) in [7, 11) is 5.64. The lowest BCUT2D eigenvalue weighted by atomic mass is 10.7. The van der Waals surface area contributed by atoms with Crippen molar-refractivity contribution >= 4 is 11.9 Å². The fourth-order valence-corrected chi connectivity index (χ4v) is 0.839. The molecule has 0 heterocycles. The third-order valence-electron chi connectivity index (χ3n) is 1.33. The highest BCUT2D eigenvalue weighted by molar-refractivity contribution is 5.81. The van der Waals surface area contributed by atoms with Crippen molar-refractivity contribution in [3.05, 3.63) is 0 Å². The van der Waals surface area contributed by atoms with Crippen LogP contribution in [0.15, 0.2) is 4.99 Å². The maximum Gasteiger partial charge on any atom is 0.493 e. The van der Waals surface area contributed by atoms with E-state index in [9.17, 15) is 18.0 Å². The molecule has 8 heteroatoms. The second-order valence-corrected chi connectivity index (χ2v) is 2.79. The van der Waals surface area contributed by atoms with Crippen LogP contribution in [0.5, 0.6) is 0 Å². The molecule has 0 bridgehead atoms. The fourth-order valence-electron chi connectivity index (χ4n) is 0.839. The maximum atomic E-state index is 11.8. The second kappa shape index (κ2) is 4.85. The molecule has 0 aromatic carbocycles. The van der Waals surface area contributed by atoms with Crippen molar-refractivity contribution in [1.82, 2.24) is 9.96 Å². The molecule has 0 N–H and O–H groups in total. The van der Waals surface area contributed by atoms with E-state index in [1.54, 1.807) is 14.1 Å². The molecular weight excluding hydrogens is 215 g/mol. The van der Waals surface area contributed by atoms with Crippen LogP contribution in [0.1, 0.15) is 0 Å². The Hall–Kier alpha value is -1.47. The normalized spacial score (nSPS) is 12.3. The van der Waals surface area contributed by atoms with Gasteiger partial charge in [-0.25, -0.2) is 4.79 Å². The minimum absolute atomic E-state index is 0.0904. The van der Waals surface area contributed by atoms with Crippen LogP contribution >= 0.6 is 0 Å². The summed E-state index contributed by atoms with van der Waals surface area (Å²) in [4.78, 5) is 19.5. The Balaban J connectivity index is 4.50. The first kappa shape index (κ1) is 13.5. The minimum atomic E-state index is -5.01. The Morgan fingerprint density at radius 3 is 2.00 bits per heavy atom. The van der Waals surface area contributed by atoms with Crippen molar-refractivity contribution in [1.29, 1.82) is 0 Å². The predicted octanol–water partition coefficient (Wildman–Crippen LogP) is 0.486. The molecule has 0 rings (SSSR count). The molecule has 88 valence electrons. The SMILES string of the molecule is CN=C(N(C)C)N(C)OC(=O)C(F)(F)F. The van der Waals surface area contributed by atoms with Crippen molar-refractivity contribution in [2.24, 2.45) is 4.99 Å². The van der Waals surface area contributed by atoms with E-state index in [0.29, 0.717) is 5.06 Å². The molecule has 0 aromatic rings. The van der Waals surface area contributed by atoms with Crippen LogP contribution in [0.4, 0.5) is 13.2 Å². The molecule has 0 amide bonds. The van der Waals surface area contributed by atoms with Crippen LogP contribution in [-0.4, -0.2) is 56.3 Å². The highest BCUT2D eigenvalue weighted by Gasteiger charge is 2.42. The summed E-state index contributed by atoms with van der Waals surface area (Å²) < 4.78 is 35.5. The molecule has 0 saturated carbocycles. The summed E-state index contributed by atoms with van der Waals surface area (Å²) in [6, 6.07) is 0. The lowest BCUT2D eigenvalue weighted by Gasteiger charge is -2.24. The number of hydrogen-bond acceptors (Lipinski definition) is 3. The van der Waals surface area contributed by atoms with Gasteiger partial charge in [0.25, 0.3) is 0 Å². The smallest absolute Gasteiger partial charge is 0.347 e. The van der Waals surface area contributed by atoms with Crippen molar-refractivity contribution in [2.75, 3.05) is 28.2 Å². The molecule has 0 fully saturated rings. The van der Waals surface area contributed by atoms with Crippen LogP contribution in [-0.2, 0) is 9.63 Å². The molecule has 0 aliphatic rings. The van der Waals surface area contributed by atoms with Crippen LogP contribution in [0.2, 0.25) is 0 Å². The van der Waals surface area contributed by atoms with E-state index in [0.717, 1.165) is 7.05 Å². The summed E-state index contributed by atoms with van der Waals surface area (Å²) in [5.41, 5.74) is 0. The number of aliphatic imine (C=N–C) groups is 1. The zero-order valence-electron chi connectivity index (χ0n) is 8.79. The highest BCUT2D eigenvalue weighted by Crippen LogP contribution is 2.17. The molecule has 5 nitrogen and oxygen atoms in total. The van der Waals surface area contributed by atoms with Crippen LogP contribution in [0.3, 0.4) is 0 Å². The van der Waals surface area contributed by atoms with Crippen molar-refractivity contribution < 1.29 is 22.8 Å². The molecule has 0 unspecified atom stereocenters. The summed E-state index contributed by atoms with van der Waals surface area (Å²) in [6.07, 6.45) is -5.01. The van der Waals surface area contributed by atoms with Crippen molar-refractivity contribution in [3.8, 4) is 0 Å². The number of hydroxylamine groups is 2. The van der Waals surface area contributed by atoms with Gasteiger partial charge in [0.05, 0.1) is 0 Å². The van der Waals surface area contributed by atoms with E-state index >= 15 is 0 Å². The van der Waals surface area contributed by atoms with Gasteiger partial charge in [0.2, 0.25) is 5.96 Å². The molecule has 0 atom stereocenters. The van der Waals surface area contributed by atoms with Crippen LogP contribution < -0.4 is 0 Å². The third-order valence-corrected chi connectivity index (χ3v) is 1.33. The number of halogens is 3. The summed E-state index contributed by atoms with van der Waals surface area (Å²) in [5, 5.41) is 0.649. The van der Waals surface area contributed by atoms with Gasteiger partial charge in [-0.15, -0.1) is 0 Å². The number of alkyl halides is 3. The molecule has 0 aliphatic carbocycles. The Morgan fingerprint density at radius 2 is 1.73 bits per heavy atom. The van der Waals surface area contributed by atoms with Gasteiger partial charge in [-0.05, 0) is 0 Å². The van der Waals surface area contributed by atoms with Crippen LogP contribution in [0, 0.1) is 0 Å². The average Bonchev–Trinajstić information content (AvgIpc) is 2.02. The summed E-state index contributed by atoms with van der Waals surface area (Å²) in [6.45, 7) is 0. The van der Waals surface area contributed by atoms with Crippen LogP contribution in [0.25, 0.3) is 0 Å². The first-order chi connectivity index (χ1) is 6.70. The van der Waals surface area contributed by atoms with E-state index in [4.69, 9.17) is 0 Å². The topological polar surface area (TPSA) is 45.1 Å². The van der Waals surface area contributed by atoms with Gasteiger partial charge in [0.15, 0.2) is 0 Å². The lowest BCUT2D eigenvalue weighted by Crippen LogP contribution is -2.42. The van der Waals surface area contributed by atoms with Gasteiger partial charge < -0.3 is 9.74 Å². The second-order valence-electron chi connectivity index (χ2n) is 2.79. The van der Waals surface area contributed by atoms with Gasteiger partial charge in [-0.3, -0.25) is 4.99 Å². The number of hydrogen-bond donors (Lipinski definition) is 0. The average molecular weight is 227 g/mol. The van der Waals surface area contributed by atoms with Gasteiger partial charge in [-0.1, -0.05) is 0 Å². The van der Waals surface area contributed by atoms with E-state index < -0.39 is 12.1 Å². The lowest BCUT2D eigenvalue weighted by molar-refractivity contribution is -0.223. The number of carbonyl (C=O) groups excluding carboxylic acids is 1. The quantitative estimate of drug-likeness (QED) is 0.343. The number of carbonyl (C=O) groups is 1. The molecule has 0 saturated heterocycles. The van der Waals surface area contributed by atoms with Gasteiger partial charge >= 0.3 is 12.1 Å². The maximum absolute atomic E-state index is 11.8. The predicted molar refractivity (Wildman–Crippen MR) is 47.0 cm³/mol. The number of rotatable bonds is 0. The van der Waals surface area contributed by atoms with E-state index in [2.05, 4.69) is 9.83 Å². The van der Waals surface area contributed by atoms with E-state index in [1.807, 2.05) is 0 Å². The molecular formula is C7H12F3N3O2. The molecule has 15 heavy (non-hydrogen) atoms. The van der Waals surface area contributed by atoms with Crippen molar-refractivity contribution in [2.45, 2.75) is 6.18 Å². The molecule has 0 aromatic heterocycles. The monoisotopic (exact) mass is 227 g/mol. The standard InChI is InChI=1S/C7H12F3N3O2/c1-11-6(12(2)3)13(4)15-5(14)7(8,9)10/h1-4H3. The first-order valence-electron chi connectivity index (χ1n) is 3.87. The van der Waals surface area contributed by atoms with E-state index in [1.165, 1.54) is 11.9 Å². The third kappa shape index (κ3) is 4.05. The first-order valence-corrected chi connectivity index (χ1v) is 3.87. The fraction of sp³-hybridized carbons (Fsp3) is 0.714. The highest BCUT2D eigenvalue weighted by atomic mass is 19.4. The Labute approximate surface area is 85.1 Å². The summed E-state index contributed by atoms with van der Waals surface area (Å²) >= 11 is 0. The van der Waals surface area contributed by atoms with E-state index in [-0.39, 0.29) is 5.96 Å². The Kier molecular flexibility index (Phi) is 4.38. The van der Waals surface area contributed by atoms with Gasteiger partial charge in [-0.2, -0.15) is 18.2 Å². The zero-order valence-corrected chi connectivity index (χ0v) is 8.79. The molecule has 0 spiro atoms. The largest absolute Gasteiger partial charge is 0.493 e. The molecule has 0 radical (unpaired) electrons. The Morgan fingerprint density at radius 1 is 1.27 bits per heavy atom. The molecule has 0 aliphatic heterocycles. The minimum Gasteiger partial charge on any atom is -0.347 e.